The monoisotopic (exact) mass is 473 g/mol. The highest BCUT2D eigenvalue weighted by atomic mass is 16.5. The summed E-state index contributed by atoms with van der Waals surface area (Å²) in [7, 11) is 0. The molecule has 2 aliphatic heterocycles. The van der Waals surface area contributed by atoms with Gasteiger partial charge < -0.3 is 24.6 Å². The molecule has 8 heteroatoms. The number of piperidine rings is 1. The van der Waals surface area contributed by atoms with Crippen molar-refractivity contribution < 1.29 is 14.3 Å². The molecule has 3 heterocycles. The van der Waals surface area contributed by atoms with E-state index in [9.17, 15) is 4.79 Å². The highest BCUT2D eigenvalue weighted by molar-refractivity contribution is 5.93. The van der Waals surface area contributed by atoms with Crippen molar-refractivity contribution in [2.24, 2.45) is 5.92 Å². The Balaban J connectivity index is 1.23. The Morgan fingerprint density at radius 1 is 0.971 bits per heavy atom. The van der Waals surface area contributed by atoms with Crippen LogP contribution in [-0.4, -0.2) is 55.3 Å². The molecular weight excluding hydrogens is 442 g/mol. The average molecular weight is 474 g/mol. The molecule has 35 heavy (non-hydrogen) atoms. The van der Waals surface area contributed by atoms with E-state index in [1.807, 2.05) is 43.3 Å². The van der Waals surface area contributed by atoms with Gasteiger partial charge in [-0.25, -0.2) is 9.97 Å². The van der Waals surface area contributed by atoms with E-state index in [2.05, 4.69) is 37.2 Å². The maximum Gasteiger partial charge on any atom is 0.263 e. The summed E-state index contributed by atoms with van der Waals surface area (Å²) < 4.78 is 11.5. The molecule has 1 amide bonds. The molecule has 0 radical (unpaired) electrons. The molecule has 3 aromatic rings. The predicted octanol–water partition coefficient (Wildman–Crippen LogP) is 4.27. The van der Waals surface area contributed by atoms with Gasteiger partial charge in [0, 0.05) is 49.9 Å². The maximum absolute atomic E-state index is 13.1. The molecule has 0 unspecified atom stereocenters. The highest BCUT2D eigenvalue weighted by Crippen LogP contribution is 2.31. The van der Waals surface area contributed by atoms with Gasteiger partial charge in [-0.05, 0) is 56.2 Å². The fourth-order valence-electron chi connectivity index (χ4n) is 4.53. The fraction of sp³-hybridized carbons (Fsp3) is 0.370. The molecule has 0 aliphatic carbocycles. The third-order valence-electron chi connectivity index (χ3n) is 6.48. The van der Waals surface area contributed by atoms with Gasteiger partial charge in [0.25, 0.3) is 5.88 Å². The van der Waals surface area contributed by atoms with Crippen molar-refractivity contribution in [2.75, 3.05) is 54.5 Å². The van der Waals surface area contributed by atoms with E-state index >= 15 is 0 Å². The second-order valence-electron chi connectivity index (χ2n) is 9.02. The van der Waals surface area contributed by atoms with Crippen molar-refractivity contribution >= 4 is 23.1 Å². The number of amides is 1. The first-order chi connectivity index (χ1) is 17.2. The summed E-state index contributed by atoms with van der Waals surface area (Å²) >= 11 is 0. The van der Waals surface area contributed by atoms with Crippen molar-refractivity contribution in [1.82, 2.24) is 9.97 Å². The zero-order chi connectivity index (χ0) is 24.0. The van der Waals surface area contributed by atoms with Crippen LogP contribution in [0.5, 0.6) is 11.6 Å². The van der Waals surface area contributed by atoms with E-state index in [-0.39, 0.29) is 11.8 Å². The zero-order valence-electron chi connectivity index (χ0n) is 20.0. The van der Waals surface area contributed by atoms with E-state index in [4.69, 9.17) is 9.47 Å². The van der Waals surface area contributed by atoms with Gasteiger partial charge in [-0.2, -0.15) is 0 Å². The van der Waals surface area contributed by atoms with E-state index in [0.717, 1.165) is 62.6 Å². The first kappa shape index (κ1) is 23.1. The van der Waals surface area contributed by atoms with Crippen LogP contribution < -0.4 is 19.9 Å². The Hall–Kier alpha value is -3.65. The number of benzene rings is 2. The third-order valence-corrected chi connectivity index (χ3v) is 6.48. The number of nitrogens with zero attached hydrogens (tertiary/aromatic N) is 4. The van der Waals surface area contributed by atoms with E-state index in [0.29, 0.717) is 24.0 Å². The smallest absolute Gasteiger partial charge is 0.263 e. The summed E-state index contributed by atoms with van der Waals surface area (Å²) in [5.41, 5.74) is 3.13. The minimum absolute atomic E-state index is 0.0266. The van der Waals surface area contributed by atoms with Gasteiger partial charge in [0.2, 0.25) is 5.91 Å². The van der Waals surface area contributed by atoms with Crippen LogP contribution in [0.15, 0.2) is 60.9 Å². The number of aromatic nitrogens is 2. The Labute approximate surface area is 205 Å². The summed E-state index contributed by atoms with van der Waals surface area (Å²) in [6.45, 7) is 6.69. The van der Waals surface area contributed by atoms with Gasteiger partial charge in [0.15, 0.2) is 5.82 Å². The summed E-state index contributed by atoms with van der Waals surface area (Å²) in [6.07, 6.45) is 5.02. The van der Waals surface area contributed by atoms with Crippen LogP contribution in [0.2, 0.25) is 0 Å². The fourth-order valence-corrected chi connectivity index (χ4v) is 4.53. The molecule has 2 aromatic carbocycles. The zero-order valence-corrected chi connectivity index (χ0v) is 20.0. The van der Waals surface area contributed by atoms with Crippen molar-refractivity contribution in [3.05, 3.63) is 66.5 Å². The Bertz CT molecular complexity index is 1130. The van der Waals surface area contributed by atoms with E-state index < -0.39 is 0 Å². The maximum atomic E-state index is 13.1. The lowest BCUT2D eigenvalue weighted by atomic mass is 9.97. The van der Waals surface area contributed by atoms with Gasteiger partial charge in [0.1, 0.15) is 5.75 Å². The minimum atomic E-state index is -0.142. The van der Waals surface area contributed by atoms with Crippen LogP contribution in [0.25, 0.3) is 0 Å². The Morgan fingerprint density at radius 2 is 1.71 bits per heavy atom. The summed E-state index contributed by atoms with van der Waals surface area (Å²) in [5, 5.41) is 3.10. The molecule has 1 aromatic heterocycles. The summed E-state index contributed by atoms with van der Waals surface area (Å²) in [6, 6.07) is 15.9. The second kappa shape index (κ2) is 10.7. The van der Waals surface area contributed by atoms with E-state index in [1.165, 1.54) is 0 Å². The quantitative estimate of drug-likeness (QED) is 0.573. The third kappa shape index (κ3) is 5.71. The number of hydrogen-bond acceptors (Lipinski definition) is 7. The van der Waals surface area contributed by atoms with Gasteiger partial charge >= 0.3 is 0 Å². The number of morpholine rings is 1. The van der Waals surface area contributed by atoms with Crippen molar-refractivity contribution in [1.29, 1.82) is 0 Å². The van der Waals surface area contributed by atoms with Crippen molar-refractivity contribution in [3.8, 4) is 11.6 Å². The number of anilines is 3. The number of carbonyl (C=O) groups excluding carboxylic acids is 1. The second-order valence-corrected chi connectivity index (χ2v) is 9.02. The Kier molecular flexibility index (Phi) is 7.09. The molecule has 0 bridgehead atoms. The average Bonchev–Trinajstić information content (AvgIpc) is 2.91. The largest absolute Gasteiger partial charge is 0.436 e. The topological polar surface area (TPSA) is 79.8 Å². The number of ether oxygens (including phenoxy) is 2. The molecule has 1 N–H and O–H groups in total. The number of carbonyl (C=O) groups is 1. The molecule has 2 fully saturated rings. The van der Waals surface area contributed by atoms with Crippen LogP contribution >= 0.6 is 0 Å². The lowest BCUT2D eigenvalue weighted by Gasteiger charge is -2.33. The molecule has 0 saturated carbocycles. The molecule has 5 rings (SSSR count). The number of aryl methyl sites for hydroxylation is 1. The van der Waals surface area contributed by atoms with Gasteiger partial charge in [-0.15, -0.1) is 0 Å². The number of nitrogens with one attached hydrogen (secondary N) is 1. The van der Waals surface area contributed by atoms with Gasteiger partial charge in [0.05, 0.1) is 19.1 Å². The molecule has 2 saturated heterocycles. The van der Waals surface area contributed by atoms with Crippen LogP contribution in [0.4, 0.5) is 17.2 Å². The SMILES string of the molecule is Cc1ccc(Oc2nccnc2N2CCC[C@H](C(=O)Nc3ccc(N4CCOCC4)cc3)C2)cc1. The predicted molar refractivity (Wildman–Crippen MR) is 136 cm³/mol. The van der Waals surface area contributed by atoms with E-state index in [1.54, 1.807) is 12.4 Å². The number of hydrogen-bond donors (Lipinski definition) is 1. The highest BCUT2D eigenvalue weighted by Gasteiger charge is 2.28. The first-order valence-electron chi connectivity index (χ1n) is 12.2. The number of rotatable bonds is 6. The van der Waals surface area contributed by atoms with Gasteiger partial charge in [-0.3, -0.25) is 4.79 Å². The summed E-state index contributed by atoms with van der Waals surface area (Å²) in [5.74, 6) is 1.72. The van der Waals surface area contributed by atoms with Crippen LogP contribution in [0.1, 0.15) is 18.4 Å². The minimum Gasteiger partial charge on any atom is -0.436 e. The Morgan fingerprint density at radius 3 is 2.49 bits per heavy atom. The first-order valence-corrected chi connectivity index (χ1v) is 12.2. The molecular formula is C27H31N5O3. The van der Waals surface area contributed by atoms with Crippen LogP contribution in [0.3, 0.4) is 0 Å². The summed E-state index contributed by atoms with van der Waals surface area (Å²) in [4.78, 5) is 26.5. The molecule has 1 atom stereocenters. The normalized spacial score (nSPS) is 18.3. The standard InChI is InChI=1S/C27H31N5O3/c1-20-4-10-24(11-5-20)35-27-25(28-12-13-29-27)32-14-2-3-21(19-32)26(33)30-22-6-8-23(9-7-22)31-15-17-34-18-16-31/h4-13,21H,2-3,14-19H2,1H3,(H,30,33)/t21-/m0/s1. The van der Waals surface area contributed by atoms with Crippen LogP contribution in [0, 0.1) is 12.8 Å². The van der Waals surface area contributed by atoms with Gasteiger partial charge in [-0.1, -0.05) is 17.7 Å². The van der Waals surface area contributed by atoms with Crippen molar-refractivity contribution in [2.45, 2.75) is 19.8 Å². The lowest BCUT2D eigenvalue weighted by Crippen LogP contribution is -2.41. The molecule has 0 spiro atoms. The molecule has 2 aliphatic rings. The molecule has 182 valence electrons. The van der Waals surface area contributed by atoms with Crippen LogP contribution in [-0.2, 0) is 9.53 Å². The van der Waals surface area contributed by atoms with Crippen molar-refractivity contribution in [3.63, 3.8) is 0 Å². The lowest BCUT2D eigenvalue weighted by molar-refractivity contribution is -0.120. The molecule has 8 nitrogen and oxygen atoms in total.